The number of amides is 2. The Bertz CT molecular complexity index is 381. The fourth-order valence-corrected chi connectivity index (χ4v) is 3.41. The van der Waals surface area contributed by atoms with Crippen LogP contribution >= 0.6 is 0 Å². The van der Waals surface area contributed by atoms with Gasteiger partial charge in [0.05, 0.1) is 6.54 Å². The minimum Gasteiger partial charge on any atom is -0.353 e. The molecule has 1 saturated heterocycles. The zero-order chi connectivity index (χ0) is 14.7. The van der Waals surface area contributed by atoms with Gasteiger partial charge in [0.15, 0.2) is 0 Å². The fraction of sp³-hybridized carbons (Fsp3) is 0.875. The molecule has 3 rings (SSSR count). The standard InChI is InChI=1S/C16H27N3O2/c20-15(11-17-13-3-1-2-4-13)19-9-7-14(8-10-19)18-16(21)12-5-6-12/h12-14,17H,1-11H2,(H,18,21). The Kier molecular flexibility index (Phi) is 4.78. The second kappa shape index (κ2) is 6.77. The molecule has 1 heterocycles. The monoisotopic (exact) mass is 293 g/mol. The molecule has 0 radical (unpaired) electrons. The number of carbonyl (C=O) groups is 2. The summed E-state index contributed by atoms with van der Waals surface area (Å²) in [6, 6.07) is 0.814. The highest BCUT2D eigenvalue weighted by Crippen LogP contribution is 2.29. The number of piperidine rings is 1. The third-order valence-corrected chi connectivity index (χ3v) is 5.04. The SMILES string of the molecule is O=C(NC1CCN(C(=O)CNC2CCCC2)CC1)C1CC1. The Morgan fingerprint density at radius 3 is 2.19 bits per heavy atom. The van der Waals surface area contributed by atoms with Gasteiger partial charge in [-0.2, -0.15) is 0 Å². The first-order valence-corrected chi connectivity index (χ1v) is 8.54. The predicted octanol–water partition coefficient (Wildman–Crippen LogP) is 1.04. The molecule has 118 valence electrons. The number of hydrogen-bond acceptors (Lipinski definition) is 3. The first-order chi connectivity index (χ1) is 10.2. The van der Waals surface area contributed by atoms with Gasteiger partial charge in [-0.25, -0.2) is 0 Å². The van der Waals surface area contributed by atoms with Crippen molar-refractivity contribution in [3.63, 3.8) is 0 Å². The molecule has 1 aliphatic heterocycles. The second-order valence-electron chi connectivity index (χ2n) is 6.80. The van der Waals surface area contributed by atoms with E-state index in [1.807, 2.05) is 4.90 Å². The van der Waals surface area contributed by atoms with Crippen molar-refractivity contribution in [2.24, 2.45) is 5.92 Å². The summed E-state index contributed by atoms with van der Waals surface area (Å²) < 4.78 is 0. The second-order valence-corrected chi connectivity index (χ2v) is 6.80. The number of rotatable bonds is 5. The van der Waals surface area contributed by atoms with Gasteiger partial charge in [0.1, 0.15) is 0 Å². The lowest BCUT2D eigenvalue weighted by Crippen LogP contribution is -2.49. The Morgan fingerprint density at radius 2 is 1.57 bits per heavy atom. The molecule has 3 aliphatic rings. The van der Waals surface area contributed by atoms with Crippen molar-refractivity contribution in [1.82, 2.24) is 15.5 Å². The van der Waals surface area contributed by atoms with Crippen LogP contribution in [0.5, 0.6) is 0 Å². The molecule has 21 heavy (non-hydrogen) atoms. The van der Waals surface area contributed by atoms with Crippen molar-refractivity contribution in [1.29, 1.82) is 0 Å². The Morgan fingerprint density at radius 1 is 0.905 bits per heavy atom. The van der Waals surface area contributed by atoms with Gasteiger partial charge in [-0.3, -0.25) is 9.59 Å². The summed E-state index contributed by atoms with van der Waals surface area (Å²) in [5, 5.41) is 6.51. The van der Waals surface area contributed by atoms with Gasteiger partial charge in [-0.05, 0) is 38.5 Å². The lowest BCUT2D eigenvalue weighted by molar-refractivity contribution is -0.131. The summed E-state index contributed by atoms with van der Waals surface area (Å²) in [5.74, 6) is 0.719. The quantitative estimate of drug-likeness (QED) is 0.796. The van der Waals surface area contributed by atoms with Crippen molar-refractivity contribution in [3.8, 4) is 0 Å². The zero-order valence-corrected chi connectivity index (χ0v) is 12.8. The Labute approximate surface area is 126 Å². The van der Waals surface area contributed by atoms with Gasteiger partial charge in [0, 0.05) is 31.1 Å². The van der Waals surface area contributed by atoms with E-state index in [-0.39, 0.29) is 23.8 Å². The summed E-state index contributed by atoms with van der Waals surface area (Å²) in [5.41, 5.74) is 0. The van der Waals surface area contributed by atoms with Gasteiger partial charge in [0.25, 0.3) is 0 Å². The van der Waals surface area contributed by atoms with Crippen molar-refractivity contribution < 1.29 is 9.59 Å². The number of likely N-dealkylation sites (tertiary alicyclic amines) is 1. The van der Waals surface area contributed by atoms with Crippen LogP contribution in [-0.2, 0) is 9.59 Å². The number of nitrogens with zero attached hydrogens (tertiary/aromatic N) is 1. The van der Waals surface area contributed by atoms with Gasteiger partial charge in [-0.1, -0.05) is 12.8 Å². The minimum absolute atomic E-state index is 0.217. The van der Waals surface area contributed by atoms with Gasteiger partial charge >= 0.3 is 0 Å². The summed E-state index contributed by atoms with van der Waals surface area (Å²) in [7, 11) is 0. The molecule has 0 aromatic heterocycles. The van der Waals surface area contributed by atoms with Crippen molar-refractivity contribution >= 4 is 11.8 Å². The summed E-state index contributed by atoms with van der Waals surface area (Å²) in [6.45, 7) is 2.03. The maximum absolute atomic E-state index is 12.2. The molecule has 0 atom stereocenters. The van der Waals surface area contributed by atoms with E-state index in [0.29, 0.717) is 12.6 Å². The minimum atomic E-state index is 0.217. The zero-order valence-electron chi connectivity index (χ0n) is 12.8. The first kappa shape index (κ1) is 14.8. The molecular formula is C16H27N3O2. The molecule has 5 nitrogen and oxygen atoms in total. The third kappa shape index (κ3) is 4.19. The summed E-state index contributed by atoms with van der Waals surface area (Å²) in [4.78, 5) is 25.9. The summed E-state index contributed by atoms with van der Waals surface area (Å²) >= 11 is 0. The molecule has 5 heteroatoms. The molecule has 2 N–H and O–H groups in total. The molecule has 0 bridgehead atoms. The molecule has 2 amide bonds. The Balaban J connectivity index is 1.34. The van der Waals surface area contributed by atoms with Crippen LogP contribution < -0.4 is 10.6 Å². The number of nitrogens with one attached hydrogen (secondary N) is 2. The maximum atomic E-state index is 12.2. The average molecular weight is 293 g/mol. The lowest BCUT2D eigenvalue weighted by atomic mass is 10.0. The van der Waals surface area contributed by atoms with Crippen LogP contribution in [0.1, 0.15) is 51.4 Å². The Hall–Kier alpha value is -1.10. The maximum Gasteiger partial charge on any atom is 0.236 e. The van der Waals surface area contributed by atoms with E-state index in [4.69, 9.17) is 0 Å². The fourth-order valence-electron chi connectivity index (χ4n) is 3.41. The van der Waals surface area contributed by atoms with E-state index < -0.39 is 0 Å². The molecule has 0 aromatic carbocycles. The highest BCUT2D eigenvalue weighted by Gasteiger charge is 2.32. The van der Waals surface area contributed by atoms with Gasteiger partial charge in [0.2, 0.25) is 11.8 Å². The third-order valence-electron chi connectivity index (χ3n) is 5.04. The van der Waals surface area contributed by atoms with Gasteiger partial charge in [-0.15, -0.1) is 0 Å². The molecule has 0 unspecified atom stereocenters. The van der Waals surface area contributed by atoms with E-state index >= 15 is 0 Å². The van der Waals surface area contributed by atoms with Crippen LogP contribution in [-0.4, -0.2) is 48.4 Å². The van der Waals surface area contributed by atoms with Crippen LogP contribution in [0, 0.1) is 5.92 Å². The van der Waals surface area contributed by atoms with E-state index in [1.165, 1.54) is 25.7 Å². The van der Waals surface area contributed by atoms with E-state index in [9.17, 15) is 9.59 Å². The highest BCUT2D eigenvalue weighted by molar-refractivity contribution is 5.81. The van der Waals surface area contributed by atoms with Crippen LogP contribution in [0.4, 0.5) is 0 Å². The molecule has 0 aromatic rings. The molecular weight excluding hydrogens is 266 g/mol. The molecule has 2 aliphatic carbocycles. The summed E-state index contributed by atoms with van der Waals surface area (Å²) in [6.07, 6.45) is 8.90. The average Bonchev–Trinajstić information content (AvgIpc) is 3.23. The predicted molar refractivity (Wildman–Crippen MR) is 80.7 cm³/mol. The normalized spacial score (nSPS) is 24.3. The van der Waals surface area contributed by atoms with E-state index in [2.05, 4.69) is 10.6 Å². The topological polar surface area (TPSA) is 61.4 Å². The highest BCUT2D eigenvalue weighted by atomic mass is 16.2. The van der Waals surface area contributed by atoms with Crippen LogP contribution in [0.2, 0.25) is 0 Å². The number of carbonyl (C=O) groups excluding carboxylic acids is 2. The molecule has 3 fully saturated rings. The van der Waals surface area contributed by atoms with Gasteiger partial charge < -0.3 is 15.5 Å². The smallest absolute Gasteiger partial charge is 0.236 e. The van der Waals surface area contributed by atoms with Crippen LogP contribution in [0.25, 0.3) is 0 Å². The largest absolute Gasteiger partial charge is 0.353 e. The van der Waals surface area contributed by atoms with Crippen molar-refractivity contribution in [3.05, 3.63) is 0 Å². The van der Waals surface area contributed by atoms with E-state index in [0.717, 1.165) is 38.8 Å². The van der Waals surface area contributed by atoms with Crippen molar-refractivity contribution in [2.75, 3.05) is 19.6 Å². The van der Waals surface area contributed by atoms with Crippen molar-refractivity contribution in [2.45, 2.75) is 63.5 Å². The van der Waals surface area contributed by atoms with Crippen LogP contribution in [0.15, 0.2) is 0 Å². The van der Waals surface area contributed by atoms with E-state index in [1.54, 1.807) is 0 Å². The first-order valence-electron chi connectivity index (χ1n) is 8.54. The van der Waals surface area contributed by atoms with Crippen LogP contribution in [0.3, 0.4) is 0 Å². The molecule has 2 saturated carbocycles. The number of hydrogen-bond donors (Lipinski definition) is 2. The molecule has 0 spiro atoms. The lowest BCUT2D eigenvalue weighted by Gasteiger charge is -2.32.